The minimum Gasteiger partial charge on any atom is -0.393 e. The Morgan fingerprint density at radius 1 is 1.36 bits per heavy atom. The van der Waals surface area contributed by atoms with E-state index >= 15 is 0 Å². The Morgan fingerprint density at radius 3 is 2.96 bits per heavy atom. The molecule has 6 nitrogen and oxygen atoms in total. The highest BCUT2D eigenvalue weighted by atomic mass is 16.3. The minimum atomic E-state index is -0.267. The Kier molecular flexibility index (Phi) is 5.91. The number of rotatable bonds is 6. The van der Waals surface area contributed by atoms with E-state index in [1.165, 1.54) is 0 Å². The summed E-state index contributed by atoms with van der Waals surface area (Å²) in [6.45, 7) is 1.24. The topological polar surface area (TPSA) is 81.2 Å². The zero-order chi connectivity index (χ0) is 17.6. The maximum absolute atomic E-state index is 12.2. The number of urea groups is 1. The number of hydrogen-bond donors (Lipinski definition) is 3. The molecule has 1 heterocycles. The molecule has 25 heavy (non-hydrogen) atoms. The first-order valence-corrected chi connectivity index (χ1v) is 9.24. The van der Waals surface area contributed by atoms with Gasteiger partial charge in [0.2, 0.25) is 0 Å². The van der Waals surface area contributed by atoms with Crippen LogP contribution in [0.5, 0.6) is 0 Å². The molecule has 2 aromatic rings. The summed E-state index contributed by atoms with van der Waals surface area (Å²) in [6.07, 6.45) is 5.48. The SMILES string of the molecule is CN(CC1CCCCC1O)C(=O)NCCCc1nc2ccccc2[nH]1. The van der Waals surface area contributed by atoms with E-state index in [0.717, 1.165) is 55.4 Å². The minimum absolute atomic E-state index is 0.0672. The zero-order valence-corrected chi connectivity index (χ0v) is 14.9. The number of nitrogens with zero attached hydrogens (tertiary/aromatic N) is 2. The van der Waals surface area contributed by atoms with E-state index in [-0.39, 0.29) is 18.1 Å². The standard InChI is InChI=1S/C19H28N4O2/c1-23(13-14-7-2-5-10-17(14)24)19(25)20-12-6-11-18-21-15-8-3-4-9-16(15)22-18/h3-4,8-9,14,17,24H,2,5-7,10-13H2,1H3,(H,20,25)(H,21,22). The Morgan fingerprint density at radius 2 is 2.16 bits per heavy atom. The first-order chi connectivity index (χ1) is 12.1. The summed E-state index contributed by atoms with van der Waals surface area (Å²) in [5.41, 5.74) is 2.03. The Labute approximate surface area is 148 Å². The highest BCUT2D eigenvalue weighted by molar-refractivity contribution is 5.75. The second-order valence-electron chi connectivity index (χ2n) is 7.03. The Balaban J connectivity index is 1.38. The number of imidazole rings is 1. The average Bonchev–Trinajstić information content (AvgIpc) is 3.03. The van der Waals surface area contributed by atoms with Crippen molar-refractivity contribution in [2.24, 2.45) is 5.92 Å². The van der Waals surface area contributed by atoms with E-state index in [1.54, 1.807) is 11.9 Å². The van der Waals surface area contributed by atoms with Gasteiger partial charge in [0.25, 0.3) is 0 Å². The van der Waals surface area contributed by atoms with Crippen molar-refractivity contribution in [3.8, 4) is 0 Å². The van der Waals surface area contributed by atoms with Gasteiger partial charge in [-0.3, -0.25) is 0 Å². The molecule has 1 saturated carbocycles. The molecular formula is C19H28N4O2. The Bertz CT molecular complexity index is 667. The van der Waals surface area contributed by atoms with Crippen LogP contribution >= 0.6 is 0 Å². The van der Waals surface area contributed by atoms with E-state index in [4.69, 9.17) is 0 Å². The molecule has 0 aliphatic heterocycles. The number of aromatic amines is 1. The molecule has 1 fully saturated rings. The van der Waals surface area contributed by atoms with Crippen LogP contribution in [0.25, 0.3) is 11.0 Å². The number of hydrogen-bond acceptors (Lipinski definition) is 3. The summed E-state index contributed by atoms with van der Waals surface area (Å²) in [4.78, 5) is 21.7. The lowest BCUT2D eigenvalue weighted by atomic mass is 9.86. The molecule has 0 saturated heterocycles. The average molecular weight is 344 g/mol. The maximum atomic E-state index is 12.2. The van der Waals surface area contributed by atoms with Crippen molar-refractivity contribution in [2.45, 2.75) is 44.6 Å². The van der Waals surface area contributed by atoms with Gasteiger partial charge < -0.3 is 20.3 Å². The maximum Gasteiger partial charge on any atom is 0.317 e. The van der Waals surface area contributed by atoms with E-state index in [1.807, 2.05) is 24.3 Å². The molecule has 0 radical (unpaired) electrons. The molecule has 3 N–H and O–H groups in total. The number of carbonyl (C=O) groups is 1. The lowest BCUT2D eigenvalue weighted by Crippen LogP contribution is -2.43. The lowest BCUT2D eigenvalue weighted by Gasteiger charge is -2.31. The van der Waals surface area contributed by atoms with Gasteiger partial charge in [0.15, 0.2) is 0 Å². The van der Waals surface area contributed by atoms with E-state index in [0.29, 0.717) is 13.1 Å². The van der Waals surface area contributed by atoms with Gasteiger partial charge in [0, 0.05) is 32.5 Å². The molecule has 1 aromatic heterocycles. The predicted octanol–water partition coefficient (Wildman–Crippen LogP) is 2.69. The van der Waals surface area contributed by atoms with E-state index in [9.17, 15) is 9.90 Å². The van der Waals surface area contributed by atoms with Crippen LogP contribution in [0.1, 0.15) is 37.9 Å². The first kappa shape index (κ1) is 17.7. The number of amides is 2. The molecule has 0 spiro atoms. The summed E-state index contributed by atoms with van der Waals surface area (Å²) in [6, 6.07) is 7.91. The molecule has 1 aliphatic carbocycles. The third-order valence-corrected chi connectivity index (χ3v) is 5.03. The van der Waals surface area contributed by atoms with Crippen molar-refractivity contribution < 1.29 is 9.90 Å². The van der Waals surface area contributed by atoms with Gasteiger partial charge in [-0.1, -0.05) is 25.0 Å². The van der Waals surface area contributed by atoms with Gasteiger partial charge in [0.1, 0.15) is 5.82 Å². The molecule has 2 atom stereocenters. The third-order valence-electron chi connectivity index (χ3n) is 5.03. The number of aliphatic hydroxyl groups is 1. The first-order valence-electron chi connectivity index (χ1n) is 9.24. The number of para-hydroxylation sites is 2. The fraction of sp³-hybridized carbons (Fsp3) is 0.579. The molecule has 6 heteroatoms. The van der Waals surface area contributed by atoms with Crippen molar-refractivity contribution >= 4 is 17.1 Å². The number of aryl methyl sites for hydroxylation is 1. The second-order valence-corrected chi connectivity index (χ2v) is 7.03. The summed E-state index contributed by atoms with van der Waals surface area (Å²) in [5, 5.41) is 13.0. The van der Waals surface area contributed by atoms with Crippen LogP contribution < -0.4 is 5.32 Å². The van der Waals surface area contributed by atoms with Gasteiger partial charge in [-0.05, 0) is 31.4 Å². The monoisotopic (exact) mass is 344 g/mol. The molecule has 0 bridgehead atoms. The van der Waals surface area contributed by atoms with E-state index < -0.39 is 0 Å². The predicted molar refractivity (Wildman–Crippen MR) is 98.4 cm³/mol. The third kappa shape index (κ3) is 4.72. The number of nitrogens with one attached hydrogen (secondary N) is 2. The van der Waals surface area contributed by atoms with Crippen LogP contribution in [0.3, 0.4) is 0 Å². The van der Waals surface area contributed by atoms with Crippen LogP contribution in [0, 0.1) is 5.92 Å². The van der Waals surface area contributed by atoms with Crippen LogP contribution in [0.15, 0.2) is 24.3 Å². The highest BCUT2D eigenvalue weighted by Gasteiger charge is 2.25. The number of fused-ring (bicyclic) bond motifs is 1. The van der Waals surface area contributed by atoms with Gasteiger partial charge >= 0.3 is 6.03 Å². The van der Waals surface area contributed by atoms with Crippen LogP contribution in [0.2, 0.25) is 0 Å². The van der Waals surface area contributed by atoms with Crippen molar-refractivity contribution in [3.63, 3.8) is 0 Å². The molecule has 2 amide bonds. The molecule has 136 valence electrons. The van der Waals surface area contributed by atoms with Crippen molar-refractivity contribution in [1.82, 2.24) is 20.2 Å². The van der Waals surface area contributed by atoms with Gasteiger partial charge in [-0.2, -0.15) is 0 Å². The largest absolute Gasteiger partial charge is 0.393 e. The van der Waals surface area contributed by atoms with Crippen LogP contribution in [0.4, 0.5) is 4.79 Å². The molecule has 1 aromatic carbocycles. The molecule has 1 aliphatic rings. The summed E-state index contributed by atoms with van der Waals surface area (Å²) >= 11 is 0. The lowest BCUT2D eigenvalue weighted by molar-refractivity contribution is 0.0565. The number of benzene rings is 1. The quantitative estimate of drug-likeness (QED) is 0.705. The second kappa shape index (κ2) is 8.34. The highest BCUT2D eigenvalue weighted by Crippen LogP contribution is 2.24. The van der Waals surface area contributed by atoms with Gasteiger partial charge in [-0.25, -0.2) is 9.78 Å². The summed E-state index contributed by atoms with van der Waals surface area (Å²) in [7, 11) is 1.80. The molecular weight excluding hydrogens is 316 g/mol. The fourth-order valence-electron chi connectivity index (χ4n) is 3.55. The van der Waals surface area contributed by atoms with Crippen molar-refractivity contribution in [1.29, 1.82) is 0 Å². The smallest absolute Gasteiger partial charge is 0.317 e. The van der Waals surface area contributed by atoms with Gasteiger partial charge in [0.05, 0.1) is 17.1 Å². The fourth-order valence-corrected chi connectivity index (χ4v) is 3.55. The number of H-pyrrole nitrogens is 1. The van der Waals surface area contributed by atoms with E-state index in [2.05, 4.69) is 15.3 Å². The van der Waals surface area contributed by atoms with Gasteiger partial charge in [-0.15, -0.1) is 0 Å². The van der Waals surface area contributed by atoms with Crippen LogP contribution in [-0.4, -0.2) is 52.2 Å². The van der Waals surface area contributed by atoms with Crippen LogP contribution in [-0.2, 0) is 6.42 Å². The summed E-state index contributed by atoms with van der Waals surface area (Å²) in [5.74, 6) is 1.16. The molecule has 2 unspecified atom stereocenters. The van der Waals surface area contributed by atoms with Crippen molar-refractivity contribution in [2.75, 3.05) is 20.1 Å². The summed E-state index contributed by atoms with van der Waals surface area (Å²) < 4.78 is 0. The normalized spacial score (nSPS) is 20.6. The molecule has 3 rings (SSSR count). The number of aromatic nitrogens is 2. The number of aliphatic hydroxyl groups excluding tert-OH is 1. The van der Waals surface area contributed by atoms with Crippen molar-refractivity contribution in [3.05, 3.63) is 30.1 Å². The Hall–Kier alpha value is -2.08. The zero-order valence-electron chi connectivity index (χ0n) is 14.9. The number of carbonyl (C=O) groups excluding carboxylic acids is 1.